The molecule has 0 aromatic carbocycles. The van der Waals surface area contributed by atoms with Gasteiger partial charge in [0.05, 0.1) is 19.8 Å². The van der Waals surface area contributed by atoms with Gasteiger partial charge in [0.25, 0.3) is 0 Å². The number of esters is 1. The maximum Gasteiger partial charge on any atom is 0.323 e. The van der Waals surface area contributed by atoms with E-state index in [1.54, 1.807) is 21.0 Å². The molecule has 0 saturated heterocycles. The van der Waals surface area contributed by atoms with Crippen LogP contribution in [0, 0.1) is 0 Å². The van der Waals surface area contributed by atoms with E-state index in [0.29, 0.717) is 26.3 Å². The van der Waals surface area contributed by atoms with Crippen LogP contribution in [0.4, 0.5) is 0 Å². The van der Waals surface area contributed by atoms with Crippen molar-refractivity contribution in [3.8, 4) is 0 Å². The lowest BCUT2D eigenvalue weighted by Crippen LogP contribution is -2.43. The number of carbonyl (C=O) groups excluding carboxylic acids is 1. The Labute approximate surface area is 91.0 Å². The molecule has 5 heteroatoms. The van der Waals surface area contributed by atoms with Crippen LogP contribution in [0.3, 0.4) is 0 Å². The first-order valence-electron chi connectivity index (χ1n) is 5.17. The van der Waals surface area contributed by atoms with Crippen molar-refractivity contribution in [3.05, 3.63) is 0 Å². The second-order valence-corrected chi connectivity index (χ2v) is 3.18. The smallest absolute Gasteiger partial charge is 0.323 e. The summed E-state index contributed by atoms with van der Waals surface area (Å²) in [7, 11) is 1.60. The average molecular weight is 219 g/mol. The molecular formula is C10H21NO4. The van der Waals surface area contributed by atoms with Crippen molar-refractivity contribution < 1.29 is 19.4 Å². The van der Waals surface area contributed by atoms with Crippen LogP contribution in [0.15, 0.2) is 0 Å². The third-order valence-corrected chi connectivity index (χ3v) is 2.15. The fourth-order valence-corrected chi connectivity index (χ4v) is 1.25. The predicted molar refractivity (Wildman–Crippen MR) is 56.6 cm³/mol. The van der Waals surface area contributed by atoms with Crippen LogP contribution in [0.5, 0.6) is 0 Å². The van der Waals surface area contributed by atoms with Crippen molar-refractivity contribution in [2.45, 2.75) is 19.9 Å². The van der Waals surface area contributed by atoms with Crippen LogP contribution in [0.25, 0.3) is 0 Å². The quantitative estimate of drug-likeness (QED) is 0.577. The maximum atomic E-state index is 11.4. The lowest BCUT2D eigenvalue weighted by atomic mass is 10.3. The number of aliphatic hydroxyl groups excluding tert-OH is 1. The molecule has 0 aliphatic carbocycles. The van der Waals surface area contributed by atoms with E-state index in [4.69, 9.17) is 14.6 Å². The number of rotatable bonds is 8. The molecule has 0 aromatic heterocycles. The van der Waals surface area contributed by atoms with Gasteiger partial charge in [-0.1, -0.05) is 0 Å². The first kappa shape index (κ1) is 14.3. The van der Waals surface area contributed by atoms with Gasteiger partial charge in [-0.25, -0.2) is 0 Å². The topological polar surface area (TPSA) is 59.0 Å². The maximum absolute atomic E-state index is 11.4. The van der Waals surface area contributed by atoms with E-state index in [-0.39, 0.29) is 18.6 Å². The zero-order chi connectivity index (χ0) is 11.7. The molecule has 15 heavy (non-hydrogen) atoms. The summed E-state index contributed by atoms with van der Waals surface area (Å²) in [6, 6.07) is -0.341. The lowest BCUT2D eigenvalue weighted by Gasteiger charge is -2.26. The fraction of sp³-hybridized carbons (Fsp3) is 0.900. The molecule has 5 nitrogen and oxygen atoms in total. The number of ether oxygens (including phenoxy) is 2. The van der Waals surface area contributed by atoms with Crippen molar-refractivity contribution in [3.63, 3.8) is 0 Å². The highest BCUT2D eigenvalue weighted by Gasteiger charge is 2.21. The molecule has 0 fully saturated rings. The van der Waals surface area contributed by atoms with Crippen LogP contribution in [0.2, 0.25) is 0 Å². The Hall–Kier alpha value is -0.650. The molecule has 0 heterocycles. The second kappa shape index (κ2) is 8.64. The van der Waals surface area contributed by atoms with Crippen molar-refractivity contribution in [1.29, 1.82) is 0 Å². The Morgan fingerprint density at radius 1 is 1.47 bits per heavy atom. The van der Waals surface area contributed by atoms with Crippen molar-refractivity contribution >= 4 is 5.97 Å². The van der Waals surface area contributed by atoms with E-state index in [9.17, 15) is 4.79 Å². The molecule has 1 atom stereocenters. The molecular weight excluding hydrogens is 198 g/mol. The minimum absolute atomic E-state index is 0.0213. The van der Waals surface area contributed by atoms with Gasteiger partial charge in [-0.3, -0.25) is 9.69 Å². The Bertz CT molecular complexity index is 175. The minimum Gasteiger partial charge on any atom is -0.465 e. The average Bonchev–Trinajstić information content (AvgIpc) is 2.23. The molecule has 0 bridgehead atoms. The van der Waals surface area contributed by atoms with Gasteiger partial charge in [0, 0.05) is 20.2 Å². The van der Waals surface area contributed by atoms with Gasteiger partial charge < -0.3 is 14.6 Å². The molecule has 90 valence electrons. The Morgan fingerprint density at radius 2 is 2.13 bits per heavy atom. The van der Waals surface area contributed by atoms with Crippen LogP contribution in [-0.2, 0) is 14.3 Å². The first-order valence-corrected chi connectivity index (χ1v) is 5.17. The van der Waals surface area contributed by atoms with Gasteiger partial charge in [-0.2, -0.15) is 0 Å². The highest BCUT2D eigenvalue weighted by Crippen LogP contribution is 2.01. The molecule has 0 aliphatic heterocycles. The lowest BCUT2D eigenvalue weighted by molar-refractivity contribution is -0.149. The molecule has 0 aromatic rings. The summed E-state index contributed by atoms with van der Waals surface area (Å²) in [5.74, 6) is -0.262. The second-order valence-electron chi connectivity index (χ2n) is 3.18. The van der Waals surface area contributed by atoms with Gasteiger partial charge in [0.15, 0.2) is 0 Å². The molecule has 0 aliphatic rings. The van der Waals surface area contributed by atoms with Crippen LogP contribution in [0.1, 0.15) is 13.8 Å². The summed E-state index contributed by atoms with van der Waals surface area (Å²) < 4.78 is 9.84. The number of nitrogens with zero attached hydrogens (tertiary/aromatic N) is 1. The normalized spacial score (nSPS) is 12.9. The number of hydrogen-bond acceptors (Lipinski definition) is 5. The number of aliphatic hydroxyl groups is 1. The molecule has 0 spiro atoms. The summed E-state index contributed by atoms with van der Waals surface area (Å²) in [4.78, 5) is 13.3. The first-order chi connectivity index (χ1) is 7.17. The zero-order valence-corrected chi connectivity index (χ0v) is 9.73. The van der Waals surface area contributed by atoms with E-state index in [2.05, 4.69) is 0 Å². The van der Waals surface area contributed by atoms with Crippen molar-refractivity contribution in [1.82, 2.24) is 4.90 Å². The number of methoxy groups -OCH3 is 1. The van der Waals surface area contributed by atoms with E-state index >= 15 is 0 Å². The zero-order valence-electron chi connectivity index (χ0n) is 9.73. The van der Waals surface area contributed by atoms with E-state index in [0.717, 1.165) is 0 Å². The molecule has 1 unspecified atom stereocenters. The Morgan fingerprint density at radius 3 is 2.60 bits per heavy atom. The van der Waals surface area contributed by atoms with Crippen LogP contribution in [-0.4, -0.2) is 62.0 Å². The monoisotopic (exact) mass is 219 g/mol. The molecule has 0 amide bonds. The van der Waals surface area contributed by atoms with E-state index in [1.807, 2.05) is 4.90 Å². The largest absolute Gasteiger partial charge is 0.465 e. The minimum atomic E-state index is -0.341. The summed E-state index contributed by atoms with van der Waals surface area (Å²) >= 11 is 0. The molecule has 0 rings (SSSR count). The highest BCUT2D eigenvalue weighted by atomic mass is 16.5. The summed E-state index contributed by atoms with van der Waals surface area (Å²) in [6.45, 7) is 5.53. The highest BCUT2D eigenvalue weighted by molar-refractivity contribution is 5.75. The van der Waals surface area contributed by atoms with Gasteiger partial charge >= 0.3 is 5.97 Å². The van der Waals surface area contributed by atoms with E-state index in [1.165, 1.54) is 0 Å². The van der Waals surface area contributed by atoms with Crippen molar-refractivity contribution in [2.75, 3.05) is 40.0 Å². The fourth-order valence-electron chi connectivity index (χ4n) is 1.25. The van der Waals surface area contributed by atoms with E-state index < -0.39 is 0 Å². The third-order valence-electron chi connectivity index (χ3n) is 2.15. The molecule has 0 radical (unpaired) electrons. The molecule has 0 saturated carbocycles. The standard InChI is InChI=1S/C10H21NO4/c1-4-15-10(13)9(2)11(5-7-12)6-8-14-3/h9,12H,4-8H2,1-3H3. The van der Waals surface area contributed by atoms with Crippen molar-refractivity contribution in [2.24, 2.45) is 0 Å². The Kier molecular flexibility index (Phi) is 8.27. The van der Waals surface area contributed by atoms with Gasteiger partial charge in [0.1, 0.15) is 6.04 Å². The van der Waals surface area contributed by atoms with Crippen LogP contribution < -0.4 is 0 Å². The predicted octanol–water partition coefficient (Wildman–Crippen LogP) is -0.121. The summed E-state index contributed by atoms with van der Waals surface area (Å²) in [6.07, 6.45) is 0. The van der Waals surface area contributed by atoms with Gasteiger partial charge in [0.2, 0.25) is 0 Å². The van der Waals surface area contributed by atoms with Crippen LogP contribution >= 0.6 is 0 Å². The third kappa shape index (κ3) is 5.71. The van der Waals surface area contributed by atoms with Gasteiger partial charge in [-0.05, 0) is 13.8 Å². The van der Waals surface area contributed by atoms with Gasteiger partial charge in [-0.15, -0.1) is 0 Å². The molecule has 1 N–H and O–H groups in total. The number of carbonyl (C=O) groups is 1. The SMILES string of the molecule is CCOC(=O)C(C)N(CCO)CCOC. The number of hydrogen-bond donors (Lipinski definition) is 1. The summed E-state index contributed by atoms with van der Waals surface area (Å²) in [5, 5.41) is 8.86. The Balaban J connectivity index is 4.13. The summed E-state index contributed by atoms with van der Waals surface area (Å²) in [5.41, 5.74) is 0.